The van der Waals surface area contributed by atoms with Crippen LogP contribution in [0.15, 0.2) is 94.5 Å². The lowest BCUT2D eigenvalue weighted by Crippen LogP contribution is -2.32. The minimum absolute atomic E-state index is 0.364. The Kier molecular flexibility index (Phi) is 8.05. The summed E-state index contributed by atoms with van der Waals surface area (Å²) in [4.78, 5) is 35.6. The molecule has 2 N–H and O–H groups in total. The van der Waals surface area contributed by atoms with Crippen LogP contribution in [-0.2, 0) is 14.4 Å². The largest absolute Gasteiger partial charge is 0.423 e. The van der Waals surface area contributed by atoms with Gasteiger partial charge in [0.2, 0.25) is 0 Å². The zero-order valence-corrected chi connectivity index (χ0v) is 18.3. The van der Waals surface area contributed by atoms with Gasteiger partial charge in [0.1, 0.15) is 5.75 Å². The third-order valence-corrected chi connectivity index (χ3v) is 4.53. The van der Waals surface area contributed by atoms with E-state index in [1.807, 2.05) is 30.3 Å². The fraction of sp³-hybridized carbons (Fsp3) is 0. The number of halogens is 1. The molecule has 0 aliphatic carbocycles. The summed E-state index contributed by atoms with van der Waals surface area (Å²) >= 11 is 3.29. The first-order valence-electron chi connectivity index (χ1n) is 9.44. The average molecular weight is 492 g/mol. The molecule has 7 nitrogen and oxygen atoms in total. The highest BCUT2D eigenvalue weighted by molar-refractivity contribution is 9.10. The molecule has 0 atom stereocenters. The number of esters is 1. The number of ether oxygens (including phenoxy) is 1. The van der Waals surface area contributed by atoms with E-state index < -0.39 is 17.8 Å². The number of nitrogens with zero attached hydrogens (tertiary/aromatic N) is 1. The Bertz CT molecular complexity index is 1140. The maximum Gasteiger partial charge on any atom is 0.336 e. The Hall–Kier alpha value is -4.04. The average Bonchev–Trinajstić information content (AvgIpc) is 2.81. The highest BCUT2D eigenvalue weighted by Crippen LogP contribution is 2.14. The zero-order valence-electron chi connectivity index (χ0n) is 16.7. The summed E-state index contributed by atoms with van der Waals surface area (Å²) < 4.78 is 6.09. The normalized spacial score (nSPS) is 10.8. The number of amides is 2. The maximum atomic E-state index is 11.9. The van der Waals surface area contributed by atoms with Crippen LogP contribution < -0.4 is 15.5 Å². The van der Waals surface area contributed by atoms with Crippen molar-refractivity contribution >= 4 is 51.7 Å². The molecule has 0 aliphatic heterocycles. The zero-order chi connectivity index (χ0) is 22.8. The lowest BCUT2D eigenvalue weighted by atomic mass is 10.2. The van der Waals surface area contributed by atoms with E-state index in [2.05, 4.69) is 31.8 Å². The van der Waals surface area contributed by atoms with Crippen LogP contribution in [0.1, 0.15) is 11.1 Å². The molecule has 0 heterocycles. The van der Waals surface area contributed by atoms with E-state index >= 15 is 0 Å². The molecule has 8 heteroatoms. The minimum Gasteiger partial charge on any atom is -0.423 e. The summed E-state index contributed by atoms with van der Waals surface area (Å²) in [5, 5.41) is 6.22. The van der Waals surface area contributed by atoms with Crippen molar-refractivity contribution in [2.45, 2.75) is 0 Å². The van der Waals surface area contributed by atoms with Gasteiger partial charge in [-0.2, -0.15) is 5.10 Å². The topological polar surface area (TPSA) is 96.9 Å². The lowest BCUT2D eigenvalue weighted by molar-refractivity contribution is -0.136. The van der Waals surface area contributed by atoms with Gasteiger partial charge in [0.05, 0.1) is 6.21 Å². The molecule has 3 aromatic rings. The van der Waals surface area contributed by atoms with Crippen LogP contribution in [0.2, 0.25) is 0 Å². The lowest BCUT2D eigenvalue weighted by Gasteiger charge is -2.04. The van der Waals surface area contributed by atoms with E-state index in [1.54, 1.807) is 54.6 Å². The number of hydrogen-bond acceptors (Lipinski definition) is 5. The van der Waals surface area contributed by atoms with Crippen molar-refractivity contribution < 1.29 is 19.1 Å². The second kappa shape index (κ2) is 11.4. The highest BCUT2D eigenvalue weighted by atomic mass is 79.9. The Morgan fingerprint density at radius 3 is 2.19 bits per heavy atom. The SMILES string of the molecule is O=C(/C=C/c1ccccc1)Oc1ccc(/C=N\NC(=O)C(=O)Nc2ccc(Br)cc2)cc1. The van der Waals surface area contributed by atoms with Crippen LogP contribution in [0.3, 0.4) is 0 Å². The first-order valence-corrected chi connectivity index (χ1v) is 10.2. The van der Waals surface area contributed by atoms with Gasteiger partial charge in [-0.15, -0.1) is 0 Å². The molecule has 0 aliphatic rings. The van der Waals surface area contributed by atoms with Crippen molar-refractivity contribution in [1.29, 1.82) is 0 Å². The third kappa shape index (κ3) is 7.33. The molecule has 0 bridgehead atoms. The molecule has 160 valence electrons. The highest BCUT2D eigenvalue weighted by Gasteiger charge is 2.12. The van der Waals surface area contributed by atoms with Gasteiger partial charge in [-0.3, -0.25) is 9.59 Å². The molecule has 0 saturated carbocycles. The molecule has 0 unspecified atom stereocenters. The number of benzene rings is 3. The number of anilines is 1. The molecule has 0 aromatic heterocycles. The Morgan fingerprint density at radius 2 is 1.50 bits per heavy atom. The first-order chi connectivity index (χ1) is 15.5. The van der Waals surface area contributed by atoms with E-state index in [9.17, 15) is 14.4 Å². The van der Waals surface area contributed by atoms with Crippen molar-refractivity contribution in [3.8, 4) is 5.75 Å². The second-order valence-electron chi connectivity index (χ2n) is 6.39. The number of nitrogens with one attached hydrogen (secondary N) is 2. The molecule has 3 aromatic carbocycles. The number of hydrazone groups is 1. The fourth-order valence-corrected chi connectivity index (χ4v) is 2.70. The van der Waals surface area contributed by atoms with E-state index in [0.29, 0.717) is 17.0 Å². The molecule has 2 amide bonds. The molecular weight excluding hydrogens is 474 g/mol. The standard InChI is InChI=1S/C24H18BrN3O4/c25-19-9-11-20(12-10-19)27-23(30)24(31)28-26-16-18-6-13-21(14-7-18)32-22(29)15-8-17-4-2-1-3-5-17/h1-16H,(H,27,30)(H,28,31)/b15-8+,26-16-. The van der Waals surface area contributed by atoms with Gasteiger partial charge in [-0.05, 0) is 65.7 Å². The van der Waals surface area contributed by atoms with Gasteiger partial charge in [0.25, 0.3) is 0 Å². The smallest absolute Gasteiger partial charge is 0.336 e. The molecule has 0 radical (unpaired) electrons. The van der Waals surface area contributed by atoms with Gasteiger partial charge in [0, 0.05) is 16.2 Å². The van der Waals surface area contributed by atoms with Crippen molar-refractivity contribution in [3.05, 3.63) is 101 Å². The second-order valence-corrected chi connectivity index (χ2v) is 7.31. The molecule has 0 saturated heterocycles. The van der Waals surface area contributed by atoms with Gasteiger partial charge in [0.15, 0.2) is 0 Å². The summed E-state index contributed by atoms with van der Waals surface area (Å²) in [5.41, 5.74) is 4.17. The fourth-order valence-electron chi connectivity index (χ4n) is 2.44. The van der Waals surface area contributed by atoms with E-state index in [0.717, 1.165) is 10.0 Å². The number of hydrogen-bond donors (Lipinski definition) is 2. The van der Waals surface area contributed by atoms with Crippen molar-refractivity contribution in [3.63, 3.8) is 0 Å². The summed E-state index contributed by atoms with van der Waals surface area (Å²) in [6, 6.07) is 22.7. The Morgan fingerprint density at radius 1 is 0.812 bits per heavy atom. The van der Waals surface area contributed by atoms with Gasteiger partial charge >= 0.3 is 17.8 Å². The van der Waals surface area contributed by atoms with Crippen molar-refractivity contribution in [2.24, 2.45) is 5.10 Å². The first kappa shape index (κ1) is 22.6. The Labute approximate surface area is 192 Å². The summed E-state index contributed by atoms with van der Waals surface area (Å²) in [6.45, 7) is 0. The number of carbonyl (C=O) groups excluding carboxylic acids is 3. The molecule has 3 rings (SSSR count). The molecular formula is C24H18BrN3O4. The monoisotopic (exact) mass is 491 g/mol. The van der Waals surface area contributed by atoms with Gasteiger partial charge < -0.3 is 10.1 Å². The molecule has 32 heavy (non-hydrogen) atoms. The van der Waals surface area contributed by atoms with Crippen LogP contribution >= 0.6 is 15.9 Å². The maximum absolute atomic E-state index is 11.9. The Balaban J connectivity index is 1.46. The predicted molar refractivity (Wildman–Crippen MR) is 126 cm³/mol. The molecule has 0 fully saturated rings. The van der Waals surface area contributed by atoms with Crippen LogP contribution in [0.4, 0.5) is 5.69 Å². The summed E-state index contributed by atoms with van der Waals surface area (Å²) in [7, 11) is 0. The van der Waals surface area contributed by atoms with Crippen molar-refractivity contribution in [2.75, 3.05) is 5.32 Å². The van der Waals surface area contributed by atoms with E-state index in [4.69, 9.17) is 4.74 Å². The van der Waals surface area contributed by atoms with Crippen LogP contribution in [0.25, 0.3) is 6.08 Å². The van der Waals surface area contributed by atoms with Crippen LogP contribution in [0, 0.1) is 0 Å². The number of carbonyl (C=O) groups is 3. The minimum atomic E-state index is -0.903. The van der Waals surface area contributed by atoms with Gasteiger partial charge in [-0.1, -0.05) is 46.3 Å². The quantitative estimate of drug-likeness (QED) is 0.135. The van der Waals surface area contributed by atoms with Gasteiger partial charge in [-0.25, -0.2) is 10.2 Å². The molecule has 0 spiro atoms. The van der Waals surface area contributed by atoms with E-state index in [1.165, 1.54) is 12.3 Å². The summed E-state index contributed by atoms with van der Waals surface area (Å²) in [6.07, 6.45) is 4.38. The third-order valence-electron chi connectivity index (χ3n) is 4.00. The number of rotatable bonds is 6. The summed E-state index contributed by atoms with van der Waals surface area (Å²) in [5.74, 6) is -1.88. The van der Waals surface area contributed by atoms with Crippen LogP contribution in [-0.4, -0.2) is 24.0 Å². The van der Waals surface area contributed by atoms with E-state index in [-0.39, 0.29) is 0 Å². The van der Waals surface area contributed by atoms with Crippen LogP contribution in [0.5, 0.6) is 5.75 Å². The van der Waals surface area contributed by atoms with Crippen molar-refractivity contribution in [1.82, 2.24) is 5.43 Å². The predicted octanol–water partition coefficient (Wildman–Crippen LogP) is 4.16.